The zero-order valence-electron chi connectivity index (χ0n) is 16.0. The summed E-state index contributed by atoms with van der Waals surface area (Å²) in [6.45, 7) is 0.154. The first-order valence-corrected chi connectivity index (χ1v) is 10.6. The number of aryl methyl sites for hydroxylation is 1. The minimum absolute atomic E-state index is 0.154. The number of pyridine rings is 1. The third-order valence-electron chi connectivity index (χ3n) is 4.75. The number of rotatable bonds is 5. The number of amides is 1. The van der Waals surface area contributed by atoms with E-state index in [-0.39, 0.29) is 18.2 Å². The van der Waals surface area contributed by atoms with Crippen LogP contribution in [0.1, 0.15) is 23.2 Å². The van der Waals surface area contributed by atoms with Crippen molar-refractivity contribution in [3.8, 4) is 16.3 Å². The maximum Gasteiger partial charge on any atom is 0.573 e. The highest BCUT2D eigenvalue weighted by Crippen LogP contribution is 2.35. The molecule has 4 nitrogen and oxygen atoms in total. The van der Waals surface area contributed by atoms with Gasteiger partial charge in [-0.25, -0.2) is 0 Å². The molecule has 0 spiro atoms. The number of hydrogen-bond acceptors (Lipinski definition) is 4. The van der Waals surface area contributed by atoms with E-state index in [0.29, 0.717) is 29.0 Å². The summed E-state index contributed by atoms with van der Waals surface area (Å²) < 4.78 is 40.5. The normalized spacial score (nSPS) is 13.7. The van der Waals surface area contributed by atoms with Crippen molar-refractivity contribution in [1.82, 2.24) is 10.3 Å². The Bertz CT molecular complexity index is 1130. The van der Waals surface area contributed by atoms with Gasteiger partial charge in [0.05, 0.1) is 21.3 Å². The van der Waals surface area contributed by atoms with Crippen molar-refractivity contribution in [3.63, 3.8) is 0 Å². The van der Waals surface area contributed by atoms with E-state index in [9.17, 15) is 18.0 Å². The molecule has 0 radical (unpaired) electrons. The number of fused-ring (bicyclic) bond motifs is 1. The van der Waals surface area contributed by atoms with E-state index in [1.165, 1.54) is 24.3 Å². The van der Waals surface area contributed by atoms with E-state index in [0.717, 1.165) is 21.8 Å². The Morgan fingerprint density at radius 1 is 1.13 bits per heavy atom. The van der Waals surface area contributed by atoms with E-state index in [1.54, 1.807) is 11.3 Å². The van der Waals surface area contributed by atoms with Crippen molar-refractivity contribution in [2.45, 2.75) is 25.7 Å². The lowest BCUT2D eigenvalue weighted by atomic mass is 9.94. The molecule has 160 valence electrons. The zero-order chi connectivity index (χ0) is 22.0. The Labute approximate surface area is 185 Å². The molecule has 9 heteroatoms. The van der Waals surface area contributed by atoms with Crippen LogP contribution in [0.2, 0.25) is 0 Å². The van der Waals surface area contributed by atoms with E-state index in [2.05, 4.69) is 10.1 Å². The number of ether oxygens (including phenoxy) is 1. The summed E-state index contributed by atoms with van der Waals surface area (Å²) in [5.41, 5.74) is 3.58. The number of halogens is 4. The molecule has 1 aromatic carbocycles. The average Bonchev–Trinajstić information content (AvgIpc) is 3.27. The van der Waals surface area contributed by atoms with Crippen LogP contribution in [0.3, 0.4) is 0 Å². The lowest BCUT2D eigenvalue weighted by Crippen LogP contribution is -2.26. The van der Waals surface area contributed by atoms with Gasteiger partial charge in [0.15, 0.2) is 0 Å². The molecule has 1 amide bonds. The topological polar surface area (TPSA) is 51.2 Å². The summed E-state index contributed by atoms with van der Waals surface area (Å²) in [6, 6.07) is 13.1. The molecule has 0 saturated heterocycles. The Morgan fingerprint density at radius 3 is 2.58 bits per heavy atom. The molecule has 2 aromatic heterocycles. The minimum Gasteiger partial charge on any atom is -0.406 e. The van der Waals surface area contributed by atoms with Crippen LogP contribution in [0, 0.1) is 0 Å². The van der Waals surface area contributed by atoms with Gasteiger partial charge in [0.25, 0.3) is 0 Å². The summed E-state index contributed by atoms with van der Waals surface area (Å²) in [7, 11) is 0. The van der Waals surface area contributed by atoms with Crippen LogP contribution in [0.5, 0.6) is 5.75 Å². The molecule has 0 bridgehead atoms. The second-order valence-corrected chi connectivity index (χ2v) is 8.16. The summed E-state index contributed by atoms with van der Waals surface area (Å²) in [4.78, 5) is 18.4. The molecule has 3 aromatic rings. The maximum atomic E-state index is 12.7. The van der Waals surface area contributed by atoms with Gasteiger partial charge in [-0.15, -0.1) is 24.5 Å². The molecule has 0 atom stereocenters. The van der Waals surface area contributed by atoms with Crippen molar-refractivity contribution < 1.29 is 22.7 Å². The molecule has 31 heavy (non-hydrogen) atoms. The molecule has 1 aliphatic rings. The van der Waals surface area contributed by atoms with Crippen molar-refractivity contribution >= 4 is 33.9 Å². The molecule has 0 aliphatic heterocycles. The lowest BCUT2D eigenvalue weighted by molar-refractivity contribution is -0.274. The van der Waals surface area contributed by atoms with E-state index >= 15 is 0 Å². The van der Waals surface area contributed by atoms with E-state index < -0.39 is 6.36 Å². The van der Waals surface area contributed by atoms with Gasteiger partial charge in [-0.1, -0.05) is 29.8 Å². The van der Waals surface area contributed by atoms with Crippen molar-refractivity contribution in [2.24, 2.45) is 0 Å². The lowest BCUT2D eigenvalue weighted by Gasteiger charge is -2.19. The fourth-order valence-electron chi connectivity index (χ4n) is 3.28. The number of carbonyl (C=O) groups is 1. The fraction of sp³-hybridized carbons (Fsp3) is 0.182. The van der Waals surface area contributed by atoms with Gasteiger partial charge in [0.1, 0.15) is 5.75 Å². The van der Waals surface area contributed by atoms with Gasteiger partial charge in [0, 0.05) is 17.7 Å². The van der Waals surface area contributed by atoms with Gasteiger partial charge in [0.2, 0.25) is 5.91 Å². The van der Waals surface area contributed by atoms with Gasteiger partial charge in [-0.05, 0) is 54.1 Å². The van der Waals surface area contributed by atoms with Gasteiger partial charge in [-0.2, -0.15) is 0 Å². The predicted octanol–water partition coefficient (Wildman–Crippen LogP) is 5.92. The van der Waals surface area contributed by atoms with E-state index in [4.69, 9.17) is 16.6 Å². The number of thiophene rings is 1. The van der Waals surface area contributed by atoms with Crippen LogP contribution < -0.4 is 10.1 Å². The van der Waals surface area contributed by atoms with Crippen LogP contribution in [0.4, 0.5) is 13.2 Å². The third kappa shape index (κ3) is 5.08. The monoisotopic (exact) mass is 464 g/mol. The van der Waals surface area contributed by atoms with Crippen LogP contribution >= 0.6 is 22.9 Å². The fourth-order valence-corrected chi connectivity index (χ4v) is 4.33. The quantitative estimate of drug-likeness (QED) is 0.510. The molecular weight excluding hydrogens is 449 g/mol. The van der Waals surface area contributed by atoms with Crippen LogP contribution in [0.25, 0.3) is 15.6 Å². The molecule has 1 N–H and O–H groups in total. The smallest absolute Gasteiger partial charge is 0.406 e. The van der Waals surface area contributed by atoms with Crippen molar-refractivity contribution in [3.05, 3.63) is 76.3 Å². The average molecular weight is 465 g/mol. The number of hydrogen-bond donors (Lipinski definition) is 1. The highest BCUT2D eigenvalue weighted by molar-refractivity contribution is 7.13. The first-order valence-electron chi connectivity index (χ1n) is 9.36. The van der Waals surface area contributed by atoms with Crippen molar-refractivity contribution in [2.75, 3.05) is 0 Å². The van der Waals surface area contributed by atoms with Gasteiger partial charge < -0.3 is 10.1 Å². The Kier molecular flexibility index (Phi) is 6.02. The number of nitrogens with one attached hydrogen (secondary N) is 1. The standard InChI is InChI=1S/C22H16ClF3N2O2S/c23-20-15-7-10-18(19-2-1-11-31-19)28-17(15)9-8-16(20)21(29)27-12-13-3-5-14(6-4-13)30-22(24,25)26/h1-7,10-11H,8-9,12H2,(H,27,29). The van der Waals surface area contributed by atoms with Crippen molar-refractivity contribution in [1.29, 1.82) is 0 Å². The number of carbonyl (C=O) groups excluding carboxylic acids is 1. The number of aromatic nitrogens is 1. The summed E-state index contributed by atoms with van der Waals surface area (Å²) in [5, 5.41) is 5.13. The van der Waals surface area contributed by atoms with Crippen LogP contribution in [-0.4, -0.2) is 17.3 Å². The SMILES string of the molecule is O=C(NCc1ccc(OC(F)(F)F)cc1)C1=C(Cl)c2ccc(-c3cccs3)nc2CC1. The first-order chi connectivity index (χ1) is 14.8. The summed E-state index contributed by atoms with van der Waals surface area (Å²) in [5.74, 6) is -0.625. The summed E-state index contributed by atoms with van der Waals surface area (Å²) in [6.07, 6.45) is -3.69. The number of alkyl halides is 3. The first kappa shape index (κ1) is 21.4. The largest absolute Gasteiger partial charge is 0.573 e. The highest BCUT2D eigenvalue weighted by Gasteiger charge is 2.31. The van der Waals surface area contributed by atoms with Crippen LogP contribution in [0.15, 0.2) is 59.5 Å². The molecule has 2 heterocycles. The third-order valence-corrected chi connectivity index (χ3v) is 6.07. The second-order valence-electron chi connectivity index (χ2n) is 6.84. The van der Waals surface area contributed by atoms with E-state index in [1.807, 2.05) is 29.6 Å². The molecular formula is C22H16ClF3N2O2S. The Balaban J connectivity index is 1.44. The predicted molar refractivity (Wildman–Crippen MR) is 114 cm³/mol. The van der Waals surface area contributed by atoms with Gasteiger partial charge in [-0.3, -0.25) is 9.78 Å². The van der Waals surface area contributed by atoms with Crippen LogP contribution in [-0.2, 0) is 17.8 Å². The molecule has 0 fully saturated rings. The maximum absolute atomic E-state index is 12.7. The Morgan fingerprint density at radius 2 is 1.90 bits per heavy atom. The Hall–Kier alpha value is -2.84. The molecule has 0 saturated carbocycles. The minimum atomic E-state index is -4.74. The number of nitrogens with zero attached hydrogens (tertiary/aromatic N) is 1. The highest BCUT2D eigenvalue weighted by atomic mass is 35.5. The number of benzene rings is 1. The van der Waals surface area contributed by atoms with Gasteiger partial charge >= 0.3 is 6.36 Å². The zero-order valence-corrected chi connectivity index (χ0v) is 17.6. The molecule has 4 rings (SSSR count). The second kappa shape index (κ2) is 8.72. The molecule has 0 unspecified atom stereocenters. The molecule has 1 aliphatic carbocycles. The summed E-state index contributed by atoms with van der Waals surface area (Å²) >= 11 is 8.11.